The van der Waals surface area contributed by atoms with Crippen LogP contribution in [-0.4, -0.2) is 9.97 Å². The summed E-state index contributed by atoms with van der Waals surface area (Å²) < 4.78 is 1.09. The van der Waals surface area contributed by atoms with Gasteiger partial charge in [0.1, 0.15) is 5.82 Å². The Labute approximate surface area is 98.2 Å². The highest BCUT2D eigenvalue weighted by Crippen LogP contribution is 2.23. The number of nitrogens with one attached hydrogen (secondary N) is 1. The van der Waals surface area contributed by atoms with Gasteiger partial charge in [0.2, 0.25) is 0 Å². The lowest BCUT2D eigenvalue weighted by atomic mass is 10.1. The number of aromatic nitrogens is 2. The zero-order chi connectivity index (χ0) is 10.8. The van der Waals surface area contributed by atoms with Gasteiger partial charge >= 0.3 is 0 Å². The van der Waals surface area contributed by atoms with E-state index in [4.69, 9.17) is 0 Å². The summed E-state index contributed by atoms with van der Waals surface area (Å²) in [5.41, 5.74) is 2.17. The SMILES string of the molecule is CCCC(C)c1nc2ccc(Br)cc2[nH]1. The van der Waals surface area contributed by atoms with Crippen LogP contribution in [0.4, 0.5) is 0 Å². The maximum Gasteiger partial charge on any atom is 0.110 e. The van der Waals surface area contributed by atoms with E-state index >= 15 is 0 Å². The van der Waals surface area contributed by atoms with Crippen LogP contribution < -0.4 is 0 Å². The van der Waals surface area contributed by atoms with Crippen molar-refractivity contribution >= 4 is 27.0 Å². The molecule has 2 rings (SSSR count). The third kappa shape index (κ3) is 2.23. The maximum absolute atomic E-state index is 4.60. The Morgan fingerprint density at radius 2 is 2.27 bits per heavy atom. The van der Waals surface area contributed by atoms with Crippen LogP contribution in [-0.2, 0) is 0 Å². The molecule has 0 aliphatic carbocycles. The number of H-pyrrole nitrogens is 1. The van der Waals surface area contributed by atoms with Gasteiger partial charge < -0.3 is 4.98 Å². The lowest BCUT2D eigenvalue weighted by Gasteiger charge is -2.04. The van der Waals surface area contributed by atoms with Crippen LogP contribution in [0.5, 0.6) is 0 Å². The Morgan fingerprint density at radius 1 is 1.47 bits per heavy atom. The zero-order valence-corrected chi connectivity index (χ0v) is 10.6. The molecule has 2 aromatic rings. The van der Waals surface area contributed by atoms with Crippen LogP contribution in [0.3, 0.4) is 0 Å². The topological polar surface area (TPSA) is 28.7 Å². The van der Waals surface area contributed by atoms with Crippen LogP contribution in [0.25, 0.3) is 11.0 Å². The van der Waals surface area contributed by atoms with Crippen molar-refractivity contribution in [3.05, 3.63) is 28.5 Å². The van der Waals surface area contributed by atoms with Gasteiger partial charge in [-0.2, -0.15) is 0 Å². The minimum Gasteiger partial charge on any atom is -0.342 e. The van der Waals surface area contributed by atoms with Gasteiger partial charge in [0, 0.05) is 10.4 Å². The first kappa shape index (κ1) is 10.7. The minimum atomic E-state index is 0.515. The number of aromatic amines is 1. The predicted molar refractivity (Wildman–Crippen MR) is 67.1 cm³/mol. The van der Waals surface area contributed by atoms with Crippen molar-refractivity contribution in [2.75, 3.05) is 0 Å². The molecule has 1 aromatic heterocycles. The van der Waals surface area contributed by atoms with Gasteiger partial charge in [0.25, 0.3) is 0 Å². The molecule has 0 amide bonds. The number of imidazole rings is 1. The molecule has 0 saturated heterocycles. The first-order valence-electron chi connectivity index (χ1n) is 5.36. The average Bonchev–Trinajstić information content (AvgIpc) is 2.60. The van der Waals surface area contributed by atoms with Crippen molar-refractivity contribution in [1.29, 1.82) is 0 Å². The van der Waals surface area contributed by atoms with Crippen LogP contribution in [0.1, 0.15) is 38.4 Å². The number of hydrogen-bond acceptors (Lipinski definition) is 1. The van der Waals surface area contributed by atoms with E-state index in [0.29, 0.717) is 5.92 Å². The highest BCUT2D eigenvalue weighted by molar-refractivity contribution is 9.10. The maximum atomic E-state index is 4.60. The third-order valence-electron chi connectivity index (χ3n) is 2.65. The molecule has 1 aromatic carbocycles. The predicted octanol–water partition coefficient (Wildman–Crippen LogP) is 4.23. The number of rotatable bonds is 3. The first-order valence-corrected chi connectivity index (χ1v) is 6.15. The summed E-state index contributed by atoms with van der Waals surface area (Å²) >= 11 is 3.46. The van der Waals surface area contributed by atoms with E-state index in [1.54, 1.807) is 0 Å². The van der Waals surface area contributed by atoms with E-state index in [-0.39, 0.29) is 0 Å². The highest BCUT2D eigenvalue weighted by atomic mass is 79.9. The molecule has 0 spiro atoms. The van der Waals surface area contributed by atoms with Crippen LogP contribution in [0.15, 0.2) is 22.7 Å². The Bertz CT molecular complexity index is 462. The van der Waals surface area contributed by atoms with Crippen molar-refractivity contribution < 1.29 is 0 Å². The van der Waals surface area contributed by atoms with E-state index < -0.39 is 0 Å². The molecule has 0 fully saturated rings. The molecule has 15 heavy (non-hydrogen) atoms. The van der Waals surface area contributed by atoms with Crippen molar-refractivity contribution in [2.45, 2.75) is 32.6 Å². The summed E-state index contributed by atoms with van der Waals surface area (Å²) in [6.07, 6.45) is 2.38. The lowest BCUT2D eigenvalue weighted by molar-refractivity contribution is 0.636. The second kappa shape index (κ2) is 4.35. The fraction of sp³-hybridized carbons (Fsp3) is 0.417. The molecule has 2 nitrogen and oxygen atoms in total. The van der Waals surface area contributed by atoms with Gasteiger partial charge in [-0.25, -0.2) is 4.98 Å². The molecule has 1 N–H and O–H groups in total. The monoisotopic (exact) mass is 266 g/mol. The number of halogens is 1. The normalized spacial score (nSPS) is 13.3. The molecule has 1 heterocycles. The fourth-order valence-electron chi connectivity index (χ4n) is 1.80. The summed E-state index contributed by atoms with van der Waals surface area (Å²) in [7, 11) is 0. The molecular weight excluding hydrogens is 252 g/mol. The average molecular weight is 267 g/mol. The molecule has 3 heteroatoms. The standard InChI is InChI=1S/C12H15BrN2/c1-3-4-8(2)12-14-10-6-5-9(13)7-11(10)15-12/h5-8H,3-4H2,1-2H3,(H,14,15). The molecule has 1 unspecified atom stereocenters. The molecular formula is C12H15BrN2. The molecule has 0 aliphatic rings. The molecule has 0 bridgehead atoms. The summed E-state index contributed by atoms with van der Waals surface area (Å²) in [5.74, 6) is 1.62. The van der Waals surface area contributed by atoms with Gasteiger partial charge in [0.15, 0.2) is 0 Å². The second-order valence-electron chi connectivity index (χ2n) is 3.97. The highest BCUT2D eigenvalue weighted by Gasteiger charge is 2.09. The van der Waals surface area contributed by atoms with Gasteiger partial charge in [-0.15, -0.1) is 0 Å². The van der Waals surface area contributed by atoms with Gasteiger partial charge in [0.05, 0.1) is 11.0 Å². The number of hydrogen-bond donors (Lipinski definition) is 1. The van der Waals surface area contributed by atoms with Crippen LogP contribution >= 0.6 is 15.9 Å². The zero-order valence-electron chi connectivity index (χ0n) is 9.05. The van der Waals surface area contributed by atoms with E-state index in [1.165, 1.54) is 12.8 Å². The third-order valence-corrected chi connectivity index (χ3v) is 3.14. The second-order valence-corrected chi connectivity index (χ2v) is 4.89. The van der Waals surface area contributed by atoms with Gasteiger partial charge in [-0.1, -0.05) is 36.2 Å². The van der Waals surface area contributed by atoms with E-state index in [1.807, 2.05) is 12.1 Å². The fourth-order valence-corrected chi connectivity index (χ4v) is 2.17. The van der Waals surface area contributed by atoms with E-state index in [2.05, 4.69) is 45.8 Å². The molecule has 0 radical (unpaired) electrons. The van der Waals surface area contributed by atoms with E-state index in [9.17, 15) is 0 Å². The van der Waals surface area contributed by atoms with Crippen LogP contribution in [0, 0.1) is 0 Å². The van der Waals surface area contributed by atoms with Crippen molar-refractivity contribution in [2.24, 2.45) is 0 Å². The molecule has 1 atom stereocenters. The van der Waals surface area contributed by atoms with Crippen LogP contribution in [0.2, 0.25) is 0 Å². The van der Waals surface area contributed by atoms with E-state index in [0.717, 1.165) is 21.3 Å². The smallest absolute Gasteiger partial charge is 0.110 e. The quantitative estimate of drug-likeness (QED) is 0.885. The minimum absolute atomic E-state index is 0.515. The Kier molecular flexibility index (Phi) is 3.10. The van der Waals surface area contributed by atoms with Gasteiger partial charge in [-0.3, -0.25) is 0 Å². The summed E-state index contributed by atoms with van der Waals surface area (Å²) in [5, 5.41) is 0. The van der Waals surface area contributed by atoms with Gasteiger partial charge in [-0.05, 0) is 24.6 Å². The lowest BCUT2D eigenvalue weighted by Crippen LogP contribution is -1.94. The number of fused-ring (bicyclic) bond motifs is 1. The van der Waals surface area contributed by atoms with Crippen molar-refractivity contribution in [1.82, 2.24) is 9.97 Å². The molecule has 0 saturated carbocycles. The summed E-state index contributed by atoms with van der Waals surface area (Å²) in [6.45, 7) is 4.42. The Hall–Kier alpha value is -0.830. The first-order chi connectivity index (χ1) is 7.20. The Balaban J connectivity index is 2.38. The summed E-state index contributed by atoms with van der Waals surface area (Å²) in [4.78, 5) is 7.98. The number of benzene rings is 1. The van der Waals surface area contributed by atoms with Crippen molar-refractivity contribution in [3.63, 3.8) is 0 Å². The molecule has 80 valence electrons. The number of nitrogens with zero attached hydrogens (tertiary/aromatic N) is 1. The van der Waals surface area contributed by atoms with Crippen molar-refractivity contribution in [3.8, 4) is 0 Å². The molecule has 0 aliphatic heterocycles. The summed E-state index contributed by atoms with van der Waals surface area (Å²) in [6, 6.07) is 6.14. The Morgan fingerprint density at radius 3 is 3.00 bits per heavy atom. The largest absolute Gasteiger partial charge is 0.342 e.